The summed E-state index contributed by atoms with van der Waals surface area (Å²) in [7, 11) is 1.49. The first-order chi connectivity index (χ1) is 3.30. The van der Waals surface area contributed by atoms with Crippen LogP contribution in [0.3, 0.4) is 0 Å². The number of hydrogen-bond donors (Lipinski definition) is 0. The molecule has 0 aromatic heterocycles. The van der Waals surface area contributed by atoms with Crippen LogP contribution in [0.2, 0.25) is 0 Å². The van der Waals surface area contributed by atoms with E-state index in [0.717, 1.165) is 4.70 Å². The minimum absolute atomic E-state index is 0.417. The molecule has 0 atom stereocenters. The summed E-state index contributed by atoms with van der Waals surface area (Å²) in [6.45, 7) is 0. The van der Waals surface area contributed by atoms with Crippen molar-refractivity contribution in [3.8, 4) is 0 Å². The highest BCUT2D eigenvalue weighted by atomic mass is 16.2. The third-order valence-electron chi connectivity index (χ3n) is 0.581. The van der Waals surface area contributed by atoms with E-state index in [1.54, 1.807) is 0 Å². The van der Waals surface area contributed by atoms with Gasteiger partial charge in [-0.15, -0.1) is 0 Å². The molecule has 0 bridgehead atoms. The second kappa shape index (κ2) is 1.18. The van der Waals surface area contributed by atoms with E-state index < -0.39 is 6.03 Å². The van der Waals surface area contributed by atoms with Gasteiger partial charge in [0.15, 0.2) is 5.11 Å². The molecule has 1 rings (SSSR count). The Bertz CT molecular complexity index is 157. The number of amides is 2. The zero-order chi connectivity index (χ0) is 5.28. The highest BCUT2D eigenvalue weighted by Gasteiger charge is 2.18. The van der Waals surface area contributed by atoms with Crippen molar-refractivity contribution in [1.29, 1.82) is 0 Å². The summed E-state index contributed by atoms with van der Waals surface area (Å²) in [5, 5.41) is 9.39. The molecule has 0 aromatic rings. The predicted molar refractivity (Wildman–Crippen MR) is 18.9 cm³/mol. The number of urea groups is 1. The fourth-order valence-corrected chi connectivity index (χ4v) is 0.221. The van der Waals surface area contributed by atoms with Gasteiger partial charge in [-0.2, -0.15) is 0 Å². The van der Waals surface area contributed by atoms with Crippen LogP contribution in [0.1, 0.15) is 0 Å². The Morgan fingerprint density at radius 3 is 2.57 bits per heavy atom. The van der Waals surface area contributed by atoms with Gasteiger partial charge in [-0.1, -0.05) is 4.70 Å². The summed E-state index contributed by atoms with van der Waals surface area (Å²) in [6, 6.07) is -0.417. The van der Waals surface area contributed by atoms with E-state index in [2.05, 4.69) is 15.6 Å². The van der Waals surface area contributed by atoms with Crippen molar-refractivity contribution >= 4 is 6.03 Å². The molecule has 5 heteroatoms. The molecule has 0 saturated carbocycles. The second-order valence-electron chi connectivity index (χ2n) is 1.09. The van der Waals surface area contributed by atoms with Gasteiger partial charge in [0.05, 0.1) is 7.05 Å². The number of rotatable bonds is 0. The van der Waals surface area contributed by atoms with E-state index >= 15 is 0 Å². The number of nitrogens with zero attached hydrogens (tertiary/aromatic N) is 4. The lowest BCUT2D eigenvalue weighted by molar-refractivity contribution is -0.459. The summed E-state index contributed by atoms with van der Waals surface area (Å²) in [5.74, 6) is 0. The molecule has 5 nitrogen and oxygen atoms in total. The highest BCUT2D eigenvalue weighted by molar-refractivity contribution is 5.64. The summed E-state index contributed by atoms with van der Waals surface area (Å²) >= 11 is 0. The van der Waals surface area contributed by atoms with E-state index in [-0.39, 0.29) is 0 Å². The van der Waals surface area contributed by atoms with Gasteiger partial charge in [-0.05, 0) is 0 Å². The van der Waals surface area contributed by atoms with Gasteiger partial charge in [0.1, 0.15) is 5.22 Å². The van der Waals surface area contributed by atoms with Crippen LogP contribution in [-0.4, -0.2) is 17.8 Å². The molecule has 1 aliphatic rings. The SMILES string of the molecule is C[N+]1=NN=NC1=O. The van der Waals surface area contributed by atoms with Crippen molar-refractivity contribution in [2.75, 3.05) is 7.05 Å². The van der Waals surface area contributed by atoms with Gasteiger partial charge in [-0.25, -0.2) is 4.79 Å². The van der Waals surface area contributed by atoms with Crippen molar-refractivity contribution < 1.29 is 9.49 Å². The number of carbonyl (C=O) groups excluding carboxylic acids is 1. The fraction of sp³-hybridized carbons (Fsp3) is 0.500. The van der Waals surface area contributed by atoms with Gasteiger partial charge in [0.2, 0.25) is 5.22 Å². The van der Waals surface area contributed by atoms with Gasteiger partial charge < -0.3 is 0 Å². The minimum Gasteiger partial charge on any atom is -0.203 e. The second-order valence-corrected chi connectivity index (χ2v) is 1.09. The summed E-state index contributed by atoms with van der Waals surface area (Å²) < 4.78 is 1.06. The third kappa shape index (κ3) is 0.510. The normalized spacial score (nSPS) is 17.9. The fourth-order valence-electron chi connectivity index (χ4n) is 0.221. The maximum absolute atomic E-state index is 10.1. The molecule has 0 unspecified atom stereocenters. The highest BCUT2D eigenvalue weighted by Crippen LogP contribution is 1.92. The first-order valence-electron chi connectivity index (χ1n) is 1.70. The van der Waals surface area contributed by atoms with Gasteiger partial charge in [0, 0.05) is 0 Å². The molecule has 1 heterocycles. The van der Waals surface area contributed by atoms with Crippen LogP contribution in [0.4, 0.5) is 4.79 Å². The molecule has 0 fully saturated rings. The van der Waals surface area contributed by atoms with Crippen molar-refractivity contribution in [2.24, 2.45) is 15.6 Å². The van der Waals surface area contributed by atoms with E-state index in [9.17, 15) is 4.79 Å². The summed E-state index contributed by atoms with van der Waals surface area (Å²) in [4.78, 5) is 10.1. The summed E-state index contributed by atoms with van der Waals surface area (Å²) in [6.07, 6.45) is 0. The molecule has 0 saturated heterocycles. The molecule has 36 valence electrons. The Hall–Kier alpha value is -1.13. The van der Waals surface area contributed by atoms with Crippen LogP contribution in [0.25, 0.3) is 0 Å². The van der Waals surface area contributed by atoms with E-state index in [4.69, 9.17) is 0 Å². The lowest BCUT2D eigenvalue weighted by atomic mass is 11.0. The molecule has 1 aliphatic heterocycles. The maximum Gasteiger partial charge on any atom is 0.534 e. The number of hydrogen-bond acceptors (Lipinski definition) is 3. The third-order valence-corrected chi connectivity index (χ3v) is 0.581. The minimum atomic E-state index is -0.417. The summed E-state index contributed by atoms with van der Waals surface area (Å²) in [5.41, 5.74) is 0. The Labute approximate surface area is 39.3 Å². The lowest BCUT2D eigenvalue weighted by Crippen LogP contribution is -2.03. The first-order valence-corrected chi connectivity index (χ1v) is 1.70. The Morgan fingerprint density at radius 2 is 2.43 bits per heavy atom. The Kier molecular flexibility index (Phi) is 0.680. The van der Waals surface area contributed by atoms with E-state index in [1.807, 2.05) is 0 Å². The van der Waals surface area contributed by atoms with Crippen LogP contribution < -0.4 is 0 Å². The Morgan fingerprint density at radius 1 is 1.71 bits per heavy atom. The lowest BCUT2D eigenvalue weighted by Gasteiger charge is -1.69. The zero-order valence-electron chi connectivity index (χ0n) is 3.70. The molecule has 2 amide bonds. The quantitative estimate of drug-likeness (QED) is 0.410. The predicted octanol–water partition coefficient (Wildman–Crippen LogP) is 0.582. The van der Waals surface area contributed by atoms with Crippen molar-refractivity contribution in [1.82, 2.24) is 0 Å². The monoisotopic (exact) mass is 99.0 g/mol. The van der Waals surface area contributed by atoms with Gasteiger partial charge >= 0.3 is 6.03 Å². The van der Waals surface area contributed by atoms with Crippen molar-refractivity contribution in [2.45, 2.75) is 0 Å². The number of carbonyl (C=O) groups is 1. The molecular weight excluding hydrogens is 96.0 g/mol. The van der Waals surface area contributed by atoms with Crippen LogP contribution in [0, 0.1) is 0 Å². The molecule has 0 spiro atoms. The average Bonchev–Trinajstić information content (AvgIpc) is 1.91. The first kappa shape index (κ1) is 4.04. The van der Waals surface area contributed by atoms with Gasteiger partial charge in [-0.3, -0.25) is 0 Å². The zero-order valence-corrected chi connectivity index (χ0v) is 3.70. The molecule has 7 heavy (non-hydrogen) atoms. The van der Waals surface area contributed by atoms with Crippen LogP contribution in [-0.2, 0) is 0 Å². The molecule has 0 aliphatic carbocycles. The topological polar surface area (TPSA) is 57.2 Å². The maximum atomic E-state index is 10.1. The van der Waals surface area contributed by atoms with Gasteiger partial charge in [0.25, 0.3) is 0 Å². The van der Waals surface area contributed by atoms with Crippen LogP contribution in [0.5, 0.6) is 0 Å². The van der Waals surface area contributed by atoms with Crippen molar-refractivity contribution in [3.63, 3.8) is 0 Å². The standard InChI is InChI=1S/C2H3N4O/c1-6-2(7)3-4-5-6/h1H3/q+1. The van der Waals surface area contributed by atoms with Crippen molar-refractivity contribution in [3.05, 3.63) is 0 Å². The smallest absolute Gasteiger partial charge is 0.203 e. The Balaban J connectivity index is 2.89. The van der Waals surface area contributed by atoms with E-state index in [1.165, 1.54) is 7.05 Å². The van der Waals surface area contributed by atoms with Crippen LogP contribution in [0.15, 0.2) is 15.6 Å². The molecule has 0 aromatic carbocycles. The largest absolute Gasteiger partial charge is 0.534 e. The van der Waals surface area contributed by atoms with E-state index in [0.29, 0.717) is 0 Å². The molecular formula is C2H3N4O+. The molecule has 0 radical (unpaired) electrons. The average molecular weight is 99.1 g/mol. The molecule has 0 N–H and O–H groups in total. The van der Waals surface area contributed by atoms with Crippen LogP contribution >= 0.6 is 0 Å².